The number of benzene rings is 2. The molecule has 0 saturated carbocycles. The number of carbonyl (C=O) groups is 1. The molecule has 5 heteroatoms. The van der Waals surface area contributed by atoms with Gasteiger partial charge in [0, 0.05) is 16.8 Å². The minimum Gasteiger partial charge on any atom is -0.465 e. The summed E-state index contributed by atoms with van der Waals surface area (Å²) in [5.74, 6) is -0.751. The number of nitrogens with one attached hydrogen (secondary N) is 1. The van der Waals surface area contributed by atoms with Gasteiger partial charge in [0.2, 0.25) is 0 Å². The third-order valence-electron chi connectivity index (χ3n) is 3.13. The number of methoxy groups -OCH3 is 1. The number of carbonyl (C=O) groups excluding carboxylic acids is 1. The quantitative estimate of drug-likeness (QED) is 0.849. The van der Waals surface area contributed by atoms with Crippen molar-refractivity contribution in [2.45, 2.75) is 13.0 Å². The minimum absolute atomic E-state index is 0.102. The zero-order chi connectivity index (χ0) is 15.4. The first-order valence-electron chi connectivity index (χ1n) is 6.41. The van der Waals surface area contributed by atoms with Gasteiger partial charge in [-0.15, -0.1) is 0 Å². The van der Waals surface area contributed by atoms with E-state index in [0.29, 0.717) is 16.3 Å². The number of hydrogen-bond acceptors (Lipinski definition) is 3. The van der Waals surface area contributed by atoms with Crippen molar-refractivity contribution in [3.05, 3.63) is 64.4 Å². The van der Waals surface area contributed by atoms with Crippen molar-refractivity contribution in [1.82, 2.24) is 0 Å². The maximum Gasteiger partial charge on any atom is 0.340 e. The highest BCUT2D eigenvalue weighted by Gasteiger charge is 2.15. The van der Waals surface area contributed by atoms with Crippen LogP contribution in [0.2, 0.25) is 5.02 Å². The first-order chi connectivity index (χ1) is 10.0. The Balaban J connectivity index is 2.26. The molecule has 1 unspecified atom stereocenters. The van der Waals surface area contributed by atoms with Crippen molar-refractivity contribution in [1.29, 1.82) is 0 Å². The molecule has 0 spiro atoms. The minimum atomic E-state index is -0.466. The summed E-state index contributed by atoms with van der Waals surface area (Å²) in [7, 11) is 1.32. The number of anilines is 1. The number of ether oxygens (including phenoxy) is 1. The molecule has 0 heterocycles. The molecule has 0 aliphatic carbocycles. The molecule has 1 N–H and O–H groups in total. The Hall–Kier alpha value is -2.07. The van der Waals surface area contributed by atoms with E-state index in [0.717, 1.165) is 5.56 Å². The zero-order valence-electron chi connectivity index (χ0n) is 11.7. The van der Waals surface area contributed by atoms with E-state index in [1.165, 1.54) is 19.2 Å². The van der Waals surface area contributed by atoms with Gasteiger partial charge in [-0.3, -0.25) is 0 Å². The van der Waals surface area contributed by atoms with Gasteiger partial charge in [-0.05, 0) is 42.8 Å². The van der Waals surface area contributed by atoms with Gasteiger partial charge in [-0.25, -0.2) is 9.18 Å². The van der Waals surface area contributed by atoms with Crippen molar-refractivity contribution in [3.8, 4) is 0 Å². The lowest BCUT2D eigenvalue weighted by molar-refractivity contribution is 0.0602. The van der Waals surface area contributed by atoms with Crippen LogP contribution in [0, 0.1) is 5.82 Å². The Morgan fingerprint density at radius 1 is 1.24 bits per heavy atom. The van der Waals surface area contributed by atoms with Crippen molar-refractivity contribution in [2.24, 2.45) is 0 Å². The van der Waals surface area contributed by atoms with Crippen LogP contribution >= 0.6 is 11.6 Å². The number of rotatable bonds is 4. The van der Waals surface area contributed by atoms with Crippen molar-refractivity contribution < 1.29 is 13.9 Å². The van der Waals surface area contributed by atoms with Gasteiger partial charge >= 0.3 is 5.97 Å². The molecule has 2 rings (SSSR count). The van der Waals surface area contributed by atoms with Crippen LogP contribution in [0.25, 0.3) is 0 Å². The molecule has 21 heavy (non-hydrogen) atoms. The van der Waals surface area contributed by atoms with E-state index >= 15 is 0 Å². The molecule has 0 fully saturated rings. The fourth-order valence-corrected chi connectivity index (χ4v) is 2.16. The summed E-state index contributed by atoms with van der Waals surface area (Å²) in [6, 6.07) is 11.0. The van der Waals surface area contributed by atoms with Gasteiger partial charge < -0.3 is 10.1 Å². The molecule has 1 atom stereocenters. The molecule has 0 radical (unpaired) electrons. The van der Waals surface area contributed by atoms with Crippen molar-refractivity contribution in [3.63, 3.8) is 0 Å². The number of halogens is 2. The second-order valence-corrected chi connectivity index (χ2v) is 5.04. The third kappa shape index (κ3) is 3.73. The Morgan fingerprint density at radius 3 is 2.52 bits per heavy atom. The average Bonchev–Trinajstić information content (AvgIpc) is 2.48. The van der Waals surface area contributed by atoms with Crippen molar-refractivity contribution >= 4 is 23.3 Å². The van der Waals surface area contributed by atoms with Gasteiger partial charge in [0.15, 0.2) is 0 Å². The summed E-state index contributed by atoms with van der Waals surface area (Å²) in [4.78, 5) is 11.8. The SMILES string of the molecule is COC(=O)c1cc(Cl)ccc1NC(C)c1ccc(F)cc1. The average molecular weight is 308 g/mol. The molecular formula is C16H15ClFNO2. The maximum atomic E-state index is 12.9. The molecule has 110 valence electrons. The summed E-state index contributed by atoms with van der Waals surface area (Å²) in [5, 5.41) is 3.66. The lowest BCUT2D eigenvalue weighted by Gasteiger charge is -2.18. The van der Waals surface area contributed by atoms with Crippen LogP contribution in [0.4, 0.5) is 10.1 Å². The van der Waals surface area contributed by atoms with Crippen LogP contribution in [-0.4, -0.2) is 13.1 Å². The molecule has 0 aliphatic heterocycles. The Kier molecular flexibility index (Phi) is 4.81. The molecule has 2 aromatic rings. The molecule has 3 nitrogen and oxygen atoms in total. The zero-order valence-corrected chi connectivity index (χ0v) is 12.4. The molecule has 0 aromatic heterocycles. The summed E-state index contributed by atoms with van der Waals surface area (Å²) >= 11 is 5.91. The van der Waals surface area contributed by atoms with E-state index in [1.807, 2.05) is 6.92 Å². The second-order valence-electron chi connectivity index (χ2n) is 4.60. The highest BCUT2D eigenvalue weighted by molar-refractivity contribution is 6.31. The molecule has 2 aromatic carbocycles. The van der Waals surface area contributed by atoms with Gasteiger partial charge in [0.1, 0.15) is 5.82 Å². The molecule has 0 aliphatic rings. The highest BCUT2D eigenvalue weighted by atomic mass is 35.5. The largest absolute Gasteiger partial charge is 0.465 e. The highest BCUT2D eigenvalue weighted by Crippen LogP contribution is 2.26. The van der Waals surface area contributed by atoms with Crippen LogP contribution in [0.5, 0.6) is 0 Å². The van der Waals surface area contributed by atoms with Crippen LogP contribution in [-0.2, 0) is 4.74 Å². The van der Waals surface area contributed by atoms with Gasteiger partial charge in [-0.2, -0.15) is 0 Å². The van der Waals surface area contributed by atoms with Crippen molar-refractivity contribution in [2.75, 3.05) is 12.4 Å². The standard InChI is InChI=1S/C16H15ClFNO2/c1-10(11-3-6-13(18)7-4-11)19-15-8-5-12(17)9-14(15)16(20)21-2/h3-10,19H,1-2H3. The van der Waals surface area contributed by atoms with E-state index in [1.54, 1.807) is 30.3 Å². The van der Waals surface area contributed by atoms with E-state index in [2.05, 4.69) is 5.32 Å². The maximum absolute atomic E-state index is 12.9. The van der Waals surface area contributed by atoms with Crippen LogP contribution < -0.4 is 5.32 Å². The summed E-state index contributed by atoms with van der Waals surface area (Å²) in [6.45, 7) is 1.92. The van der Waals surface area contributed by atoms with E-state index in [-0.39, 0.29) is 11.9 Å². The fraction of sp³-hybridized carbons (Fsp3) is 0.188. The third-order valence-corrected chi connectivity index (χ3v) is 3.36. The smallest absolute Gasteiger partial charge is 0.340 e. The van der Waals surface area contributed by atoms with Gasteiger partial charge in [-0.1, -0.05) is 23.7 Å². The number of esters is 1. The Labute approximate surface area is 127 Å². The summed E-state index contributed by atoms with van der Waals surface area (Å²) < 4.78 is 17.7. The van der Waals surface area contributed by atoms with E-state index < -0.39 is 5.97 Å². The number of hydrogen-bond donors (Lipinski definition) is 1. The van der Waals surface area contributed by atoms with Crippen LogP contribution in [0.3, 0.4) is 0 Å². The topological polar surface area (TPSA) is 38.3 Å². The van der Waals surface area contributed by atoms with Gasteiger partial charge in [0.25, 0.3) is 0 Å². The van der Waals surface area contributed by atoms with E-state index in [4.69, 9.17) is 16.3 Å². The molecular weight excluding hydrogens is 293 g/mol. The molecule has 0 bridgehead atoms. The lowest BCUT2D eigenvalue weighted by atomic mass is 10.1. The summed E-state index contributed by atoms with van der Waals surface area (Å²) in [6.07, 6.45) is 0. The fourth-order valence-electron chi connectivity index (χ4n) is 1.99. The first kappa shape index (κ1) is 15.3. The lowest BCUT2D eigenvalue weighted by Crippen LogP contribution is -2.11. The Morgan fingerprint density at radius 2 is 1.90 bits per heavy atom. The van der Waals surface area contributed by atoms with Crippen LogP contribution in [0.15, 0.2) is 42.5 Å². The molecule has 0 saturated heterocycles. The molecule has 0 amide bonds. The van der Waals surface area contributed by atoms with E-state index in [9.17, 15) is 9.18 Å². The predicted octanol–water partition coefficient (Wildman–Crippen LogP) is 4.44. The van der Waals surface area contributed by atoms with Crippen LogP contribution in [0.1, 0.15) is 28.9 Å². The normalized spacial score (nSPS) is 11.8. The Bertz CT molecular complexity index is 643. The summed E-state index contributed by atoms with van der Waals surface area (Å²) in [5.41, 5.74) is 1.88. The second kappa shape index (κ2) is 6.59. The monoisotopic (exact) mass is 307 g/mol. The first-order valence-corrected chi connectivity index (χ1v) is 6.79. The predicted molar refractivity (Wildman–Crippen MR) is 81.2 cm³/mol. The van der Waals surface area contributed by atoms with Gasteiger partial charge in [0.05, 0.1) is 12.7 Å².